The molecule has 2 rings (SSSR count). The number of aromatic nitrogens is 1. The number of nitrogens with one attached hydrogen (secondary N) is 3. The molecule has 0 bridgehead atoms. The lowest BCUT2D eigenvalue weighted by Crippen LogP contribution is -2.23. The zero-order valence-electron chi connectivity index (χ0n) is 9.94. The van der Waals surface area contributed by atoms with Crippen LogP contribution in [0.1, 0.15) is 0 Å². The number of hydrogen-bond acceptors (Lipinski definition) is 2. The Labute approximate surface area is 111 Å². The van der Waals surface area contributed by atoms with Crippen molar-refractivity contribution in [2.45, 2.75) is 0 Å². The molecule has 0 aliphatic carbocycles. The molecule has 3 N–H and O–H groups in total. The van der Waals surface area contributed by atoms with Gasteiger partial charge in [-0.3, -0.25) is 0 Å². The zero-order valence-corrected chi connectivity index (χ0v) is 10.8. The van der Waals surface area contributed by atoms with E-state index in [4.69, 9.17) is 17.0 Å². The highest BCUT2D eigenvalue weighted by Gasteiger charge is 2.08. The fourth-order valence-corrected chi connectivity index (χ4v) is 1.71. The lowest BCUT2D eigenvalue weighted by molar-refractivity contribution is -0.360. The Morgan fingerprint density at radius 2 is 1.89 bits per heavy atom. The highest BCUT2D eigenvalue weighted by Crippen LogP contribution is 2.22. The molecule has 0 fully saturated rings. The summed E-state index contributed by atoms with van der Waals surface area (Å²) in [5, 5.41) is 6.64. The van der Waals surface area contributed by atoms with Crippen molar-refractivity contribution in [3.05, 3.63) is 48.7 Å². The van der Waals surface area contributed by atoms with E-state index in [2.05, 4.69) is 15.6 Å². The van der Waals surface area contributed by atoms with Gasteiger partial charge in [0.15, 0.2) is 0 Å². The van der Waals surface area contributed by atoms with E-state index in [1.807, 2.05) is 48.7 Å². The number of ether oxygens (including phenoxy) is 1. The molecule has 92 valence electrons. The van der Waals surface area contributed by atoms with Crippen molar-refractivity contribution in [3.63, 3.8) is 0 Å². The molecule has 1 heterocycles. The van der Waals surface area contributed by atoms with Gasteiger partial charge in [-0.15, -0.1) is 0 Å². The maximum Gasteiger partial charge on any atom is 0.279 e. The van der Waals surface area contributed by atoms with Crippen LogP contribution in [0.2, 0.25) is 0 Å². The molecule has 18 heavy (non-hydrogen) atoms. The predicted octanol–water partition coefficient (Wildman–Crippen LogP) is 2.32. The summed E-state index contributed by atoms with van der Waals surface area (Å²) >= 11 is 5.23. The van der Waals surface area contributed by atoms with Crippen LogP contribution in [0.4, 0.5) is 11.5 Å². The summed E-state index contributed by atoms with van der Waals surface area (Å²) in [6, 6.07) is 13.3. The van der Waals surface area contributed by atoms with E-state index in [9.17, 15) is 0 Å². The molecular weight excluding hydrogens is 246 g/mol. The minimum atomic E-state index is 0.502. The van der Waals surface area contributed by atoms with Crippen LogP contribution in [0.3, 0.4) is 0 Å². The average molecular weight is 260 g/mol. The zero-order chi connectivity index (χ0) is 12.8. The van der Waals surface area contributed by atoms with Gasteiger partial charge in [-0.2, -0.15) is 0 Å². The monoisotopic (exact) mass is 260 g/mol. The lowest BCUT2D eigenvalue weighted by atomic mass is 10.3. The Morgan fingerprint density at radius 3 is 2.61 bits per heavy atom. The SMILES string of the molecule is COc1ccccc1NC(=S)Nc1cccc[nH+]1. The first kappa shape index (κ1) is 12.3. The number of aromatic amines is 1. The van der Waals surface area contributed by atoms with Crippen LogP contribution in [-0.2, 0) is 0 Å². The maximum absolute atomic E-state index is 5.24. The first-order valence-electron chi connectivity index (χ1n) is 5.47. The summed E-state index contributed by atoms with van der Waals surface area (Å²) in [6.45, 7) is 0. The molecule has 0 spiro atoms. The van der Waals surface area contributed by atoms with Gasteiger partial charge in [0.05, 0.1) is 19.0 Å². The molecule has 0 atom stereocenters. The van der Waals surface area contributed by atoms with Gasteiger partial charge in [0.2, 0.25) is 0 Å². The van der Waals surface area contributed by atoms with Crippen molar-refractivity contribution in [3.8, 4) is 5.75 Å². The topological polar surface area (TPSA) is 47.4 Å². The normalized spacial score (nSPS) is 9.61. The van der Waals surface area contributed by atoms with Gasteiger partial charge in [-0.1, -0.05) is 18.2 Å². The predicted molar refractivity (Wildman–Crippen MR) is 75.8 cm³/mol. The van der Waals surface area contributed by atoms with Crippen molar-refractivity contribution in [1.29, 1.82) is 0 Å². The third-order valence-corrected chi connectivity index (χ3v) is 2.52. The highest BCUT2D eigenvalue weighted by atomic mass is 32.1. The van der Waals surface area contributed by atoms with Crippen LogP contribution >= 0.6 is 12.2 Å². The summed E-state index contributed by atoms with van der Waals surface area (Å²) in [4.78, 5) is 3.04. The number of pyridine rings is 1. The second-order valence-electron chi connectivity index (χ2n) is 3.56. The third kappa shape index (κ3) is 3.18. The molecule has 0 amide bonds. The van der Waals surface area contributed by atoms with Crippen LogP contribution < -0.4 is 20.4 Å². The van der Waals surface area contributed by atoms with Crippen LogP contribution in [0.5, 0.6) is 5.75 Å². The molecule has 0 aliphatic heterocycles. The van der Waals surface area contributed by atoms with Crippen LogP contribution in [-0.4, -0.2) is 12.2 Å². The Hall–Kier alpha value is -2.14. The van der Waals surface area contributed by atoms with Crippen molar-refractivity contribution in [2.75, 3.05) is 17.7 Å². The standard InChI is InChI=1S/C13H13N3OS/c1-17-11-7-3-2-6-10(11)15-13(18)16-12-8-4-5-9-14-12/h2-9H,1H3,(H2,14,15,16,18)/p+1. The Balaban J connectivity index is 2.03. The van der Waals surface area contributed by atoms with Crippen molar-refractivity contribution < 1.29 is 9.72 Å². The van der Waals surface area contributed by atoms with E-state index in [1.165, 1.54) is 0 Å². The molecule has 1 aromatic heterocycles. The number of benzene rings is 1. The Morgan fingerprint density at radius 1 is 1.11 bits per heavy atom. The van der Waals surface area contributed by atoms with E-state index in [0.29, 0.717) is 5.11 Å². The van der Waals surface area contributed by atoms with Gasteiger partial charge in [0.1, 0.15) is 5.75 Å². The number of para-hydroxylation sites is 2. The number of hydrogen-bond donors (Lipinski definition) is 2. The molecule has 1 aromatic carbocycles. The van der Waals surface area contributed by atoms with Crippen LogP contribution in [0, 0.1) is 0 Å². The molecule has 0 radical (unpaired) electrons. The molecule has 0 aliphatic rings. The molecular formula is C13H14N3OS+. The number of H-pyrrole nitrogens is 1. The largest absolute Gasteiger partial charge is 0.495 e. The third-order valence-electron chi connectivity index (χ3n) is 2.31. The van der Waals surface area contributed by atoms with E-state index in [1.54, 1.807) is 7.11 Å². The molecule has 2 aromatic rings. The van der Waals surface area contributed by atoms with E-state index in [-0.39, 0.29) is 0 Å². The summed E-state index contributed by atoms with van der Waals surface area (Å²) in [7, 11) is 1.63. The fraction of sp³-hybridized carbons (Fsp3) is 0.0769. The molecule has 5 heteroatoms. The second-order valence-corrected chi connectivity index (χ2v) is 3.96. The summed E-state index contributed by atoms with van der Waals surface area (Å²) in [5.41, 5.74) is 0.827. The van der Waals surface area contributed by atoms with Crippen molar-refractivity contribution in [2.24, 2.45) is 0 Å². The van der Waals surface area contributed by atoms with Crippen molar-refractivity contribution in [1.82, 2.24) is 0 Å². The first-order valence-corrected chi connectivity index (χ1v) is 5.88. The smallest absolute Gasteiger partial charge is 0.279 e. The van der Waals surface area contributed by atoms with Gasteiger partial charge in [0, 0.05) is 6.07 Å². The average Bonchev–Trinajstić information content (AvgIpc) is 2.40. The molecule has 0 saturated carbocycles. The molecule has 4 nitrogen and oxygen atoms in total. The summed E-state index contributed by atoms with van der Waals surface area (Å²) < 4.78 is 5.24. The highest BCUT2D eigenvalue weighted by molar-refractivity contribution is 7.80. The molecule has 0 saturated heterocycles. The van der Waals surface area contributed by atoms with Gasteiger partial charge in [-0.05, 0) is 30.4 Å². The van der Waals surface area contributed by atoms with Gasteiger partial charge in [-0.25, -0.2) is 10.3 Å². The van der Waals surface area contributed by atoms with Crippen LogP contribution in [0.15, 0.2) is 48.7 Å². The molecule has 0 unspecified atom stereocenters. The summed E-state index contributed by atoms with van der Waals surface area (Å²) in [6.07, 6.45) is 1.83. The number of methoxy groups -OCH3 is 1. The van der Waals surface area contributed by atoms with Gasteiger partial charge < -0.3 is 10.1 Å². The minimum absolute atomic E-state index is 0.502. The minimum Gasteiger partial charge on any atom is -0.495 e. The van der Waals surface area contributed by atoms with Crippen LogP contribution in [0.25, 0.3) is 0 Å². The number of anilines is 2. The fourth-order valence-electron chi connectivity index (χ4n) is 1.49. The number of rotatable bonds is 3. The maximum atomic E-state index is 5.24. The summed E-state index contributed by atoms with van der Waals surface area (Å²) in [5.74, 6) is 1.57. The Bertz CT molecular complexity index is 531. The second kappa shape index (κ2) is 5.97. The lowest BCUT2D eigenvalue weighted by Gasteiger charge is -2.09. The van der Waals surface area contributed by atoms with Gasteiger partial charge >= 0.3 is 0 Å². The number of thiocarbonyl (C=S) groups is 1. The quantitative estimate of drug-likeness (QED) is 0.831. The Kier molecular flexibility index (Phi) is 4.09. The first-order chi connectivity index (χ1) is 8.79. The van der Waals surface area contributed by atoms with Crippen molar-refractivity contribution >= 4 is 28.8 Å². The van der Waals surface area contributed by atoms with Gasteiger partial charge in [0.25, 0.3) is 10.9 Å². The van der Waals surface area contributed by atoms with E-state index >= 15 is 0 Å². The van der Waals surface area contributed by atoms with E-state index < -0.39 is 0 Å². The van der Waals surface area contributed by atoms with E-state index in [0.717, 1.165) is 17.3 Å².